The summed E-state index contributed by atoms with van der Waals surface area (Å²) in [4.78, 5) is 29.1. The Labute approximate surface area is 135 Å². The molecule has 1 aliphatic heterocycles. The van der Waals surface area contributed by atoms with E-state index in [1.807, 2.05) is 0 Å². The first kappa shape index (κ1) is 14.5. The molecule has 5 nitrogen and oxygen atoms in total. The fraction of sp³-hybridized carbons (Fsp3) is 0.0625. The van der Waals surface area contributed by atoms with Crippen LogP contribution in [0.2, 0.25) is 0 Å². The molecule has 0 aromatic heterocycles. The Bertz CT molecular complexity index is 830. The molecular formula is C16H11BrN2O3. The van der Waals surface area contributed by atoms with E-state index in [1.54, 1.807) is 36.4 Å². The topological polar surface area (TPSA) is 70.0 Å². The van der Waals surface area contributed by atoms with Gasteiger partial charge in [-0.25, -0.2) is 0 Å². The molecule has 0 spiro atoms. The van der Waals surface area contributed by atoms with Crippen molar-refractivity contribution >= 4 is 39.6 Å². The molecule has 0 bridgehead atoms. The minimum absolute atomic E-state index is 0.110. The molecule has 1 aliphatic rings. The second-order valence-corrected chi connectivity index (χ2v) is 5.78. The minimum atomic E-state index is -0.331. The second kappa shape index (κ2) is 5.38. The zero-order chi connectivity index (χ0) is 15.9. The third kappa shape index (κ3) is 2.42. The van der Waals surface area contributed by atoms with Gasteiger partial charge in [0.05, 0.1) is 16.8 Å². The van der Waals surface area contributed by atoms with E-state index in [0.29, 0.717) is 22.4 Å². The third-order valence-electron chi connectivity index (χ3n) is 3.42. The van der Waals surface area contributed by atoms with E-state index >= 15 is 0 Å². The Kier molecular flexibility index (Phi) is 3.54. The number of halogens is 1. The van der Waals surface area contributed by atoms with Crippen LogP contribution in [0.3, 0.4) is 0 Å². The number of carbonyl (C=O) groups excluding carboxylic acids is 2. The quantitative estimate of drug-likeness (QED) is 0.662. The van der Waals surface area contributed by atoms with Gasteiger partial charge in [0.1, 0.15) is 5.75 Å². The first-order valence-electron chi connectivity index (χ1n) is 6.46. The molecule has 0 fully saturated rings. The van der Waals surface area contributed by atoms with E-state index in [4.69, 9.17) is 0 Å². The number of nitrogens with zero attached hydrogens (tertiary/aromatic N) is 2. The lowest BCUT2D eigenvalue weighted by Gasteiger charge is -2.02. The van der Waals surface area contributed by atoms with Crippen LogP contribution in [-0.2, 0) is 0 Å². The van der Waals surface area contributed by atoms with Crippen LogP contribution in [0.25, 0.3) is 0 Å². The van der Waals surface area contributed by atoms with Gasteiger partial charge in [-0.1, -0.05) is 15.9 Å². The van der Waals surface area contributed by atoms with Gasteiger partial charge in [-0.3, -0.25) is 19.5 Å². The van der Waals surface area contributed by atoms with E-state index in [1.165, 1.54) is 13.3 Å². The Morgan fingerprint density at radius 3 is 2.59 bits per heavy atom. The fourth-order valence-corrected chi connectivity index (χ4v) is 2.58. The molecule has 2 aromatic carbocycles. The average Bonchev–Trinajstić information content (AvgIpc) is 2.73. The van der Waals surface area contributed by atoms with Gasteiger partial charge in [0.15, 0.2) is 0 Å². The minimum Gasteiger partial charge on any atom is -0.507 e. The van der Waals surface area contributed by atoms with Crippen molar-refractivity contribution in [2.75, 3.05) is 7.05 Å². The van der Waals surface area contributed by atoms with Gasteiger partial charge in [0.2, 0.25) is 0 Å². The normalized spacial score (nSPS) is 14.0. The zero-order valence-electron chi connectivity index (χ0n) is 11.6. The van der Waals surface area contributed by atoms with Crippen molar-refractivity contribution in [3.05, 3.63) is 57.6 Å². The van der Waals surface area contributed by atoms with Crippen molar-refractivity contribution in [1.29, 1.82) is 0 Å². The van der Waals surface area contributed by atoms with Gasteiger partial charge in [-0.05, 0) is 36.4 Å². The number of phenolic OH excluding ortho intramolecular Hbond substituents is 1. The van der Waals surface area contributed by atoms with Crippen molar-refractivity contribution in [3.63, 3.8) is 0 Å². The Hall–Kier alpha value is -2.47. The van der Waals surface area contributed by atoms with Crippen molar-refractivity contribution in [2.45, 2.75) is 0 Å². The van der Waals surface area contributed by atoms with Crippen LogP contribution in [0.4, 0.5) is 5.69 Å². The van der Waals surface area contributed by atoms with Crippen molar-refractivity contribution in [3.8, 4) is 5.75 Å². The first-order valence-corrected chi connectivity index (χ1v) is 7.25. The van der Waals surface area contributed by atoms with Gasteiger partial charge in [-0.15, -0.1) is 0 Å². The van der Waals surface area contributed by atoms with Crippen molar-refractivity contribution in [2.24, 2.45) is 4.99 Å². The highest BCUT2D eigenvalue weighted by molar-refractivity contribution is 9.10. The number of aliphatic imine (C=N–C) groups is 1. The van der Waals surface area contributed by atoms with E-state index in [2.05, 4.69) is 20.9 Å². The zero-order valence-corrected chi connectivity index (χ0v) is 13.2. The molecular weight excluding hydrogens is 348 g/mol. The lowest BCUT2D eigenvalue weighted by molar-refractivity contribution is 0.0693. The Morgan fingerprint density at radius 2 is 1.82 bits per heavy atom. The molecule has 22 heavy (non-hydrogen) atoms. The molecule has 1 N–H and O–H groups in total. The molecule has 0 saturated heterocycles. The fourth-order valence-electron chi connectivity index (χ4n) is 2.20. The van der Waals surface area contributed by atoms with Crippen LogP contribution in [-0.4, -0.2) is 35.1 Å². The SMILES string of the molecule is CN1C(=O)c2ccc(N=Cc3cc(Br)ccc3O)cc2C1=O. The summed E-state index contributed by atoms with van der Waals surface area (Å²) in [5.74, 6) is -0.526. The number of carbonyl (C=O) groups is 2. The smallest absolute Gasteiger partial charge is 0.261 e. The molecule has 2 amide bonds. The summed E-state index contributed by atoms with van der Waals surface area (Å²) < 4.78 is 0.822. The van der Waals surface area contributed by atoms with Crippen LogP contribution in [0.15, 0.2) is 45.9 Å². The Morgan fingerprint density at radius 1 is 1.09 bits per heavy atom. The maximum atomic E-state index is 11.9. The maximum absolute atomic E-state index is 11.9. The summed E-state index contributed by atoms with van der Waals surface area (Å²) in [7, 11) is 1.45. The van der Waals surface area contributed by atoms with E-state index in [-0.39, 0.29) is 17.6 Å². The van der Waals surface area contributed by atoms with Crippen LogP contribution in [0, 0.1) is 0 Å². The van der Waals surface area contributed by atoms with Crippen LogP contribution < -0.4 is 0 Å². The molecule has 110 valence electrons. The number of imide groups is 1. The summed E-state index contributed by atoms with van der Waals surface area (Å²) in [6.45, 7) is 0. The van der Waals surface area contributed by atoms with E-state index in [9.17, 15) is 14.7 Å². The third-order valence-corrected chi connectivity index (χ3v) is 3.91. The highest BCUT2D eigenvalue weighted by atomic mass is 79.9. The highest BCUT2D eigenvalue weighted by Gasteiger charge is 2.32. The number of amides is 2. The van der Waals surface area contributed by atoms with Gasteiger partial charge in [0, 0.05) is 23.3 Å². The van der Waals surface area contributed by atoms with Crippen molar-refractivity contribution < 1.29 is 14.7 Å². The monoisotopic (exact) mass is 358 g/mol. The van der Waals surface area contributed by atoms with Crippen LogP contribution in [0.1, 0.15) is 26.3 Å². The lowest BCUT2D eigenvalue weighted by atomic mass is 10.1. The highest BCUT2D eigenvalue weighted by Crippen LogP contribution is 2.27. The summed E-state index contributed by atoms with van der Waals surface area (Å²) in [6, 6.07) is 9.84. The van der Waals surface area contributed by atoms with E-state index in [0.717, 1.165) is 9.37 Å². The molecule has 0 radical (unpaired) electrons. The predicted molar refractivity (Wildman–Crippen MR) is 85.9 cm³/mol. The predicted octanol–water partition coefficient (Wildman–Crippen LogP) is 3.13. The average molecular weight is 359 g/mol. The number of benzene rings is 2. The molecule has 6 heteroatoms. The van der Waals surface area contributed by atoms with Crippen LogP contribution >= 0.6 is 15.9 Å². The van der Waals surface area contributed by atoms with Gasteiger partial charge in [-0.2, -0.15) is 0 Å². The number of fused-ring (bicyclic) bond motifs is 1. The number of phenols is 1. The molecule has 3 rings (SSSR count). The first-order chi connectivity index (χ1) is 10.5. The lowest BCUT2D eigenvalue weighted by Crippen LogP contribution is -2.24. The summed E-state index contributed by atoms with van der Waals surface area (Å²) in [6.07, 6.45) is 1.51. The second-order valence-electron chi connectivity index (χ2n) is 4.86. The molecule has 0 aliphatic carbocycles. The molecule has 0 saturated carbocycles. The standard InChI is InChI=1S/C16H11BrN2O3/c1-19-15(21)12-4-3-11(7-13(12)16(19)22)18-8-9-6-10(17)2-5-14(9)20/h2-8,20H,1H3. The van der Waals surface area contributed by atoms with Crippen molar-refractivity contribution in [1.82, 2.24) is 4.90 Å². The summed E-state index contributed by atoms with van der Waals surface area (Å²) >= 11 is 3.32. The number of aromatic hydroxyl groups is 1. The molecule has 1 heterocycles. The number of hydrogen-bond donors (Lipinski definition) is 1. The Balaban J connectivity index is 1.95. The molecule has 0 unspecified atom stereocenters. The van der Waals surface area contributed by atoms with E-state index < -0.39 is 0 Å². The molecule has 2 aromatic rings. The number of hydrogen-bond acceptors (Lipinski definition) is 4. The van der Waals surface area contributed by atoms with Crippen LogP contribution in [0.5, 0.6) is 5.75 Å². The van der Waals surface area contributed by atoms with Gasteiger partial charge < -0.3 is 5.11 Å². The maximum Gasteiger partial charge on any atom is 0.261 e. The van der Waals surface area contributed by atoms with Gasteiger partial charge in [0.25, 0.3) is 11.8 Å². The van der Waals surface area contributed by atoms with Gasteiger partial charge >= 0.3 is 0 Å². The number of rotatable bonds is 2. The summed E-state index contributed by atoms with van der Waals surface area (Å²) in [5.41, 5.74) is 1.82. The molecule has 0 atom stereocenters. The summed E-state index contributed by atoms with van der Waals surface area (Å²) in [5, 5.41) is 9.76. The largest absolute Gasteiger partial charge is 0.507 e.